The Labute approximate surface area is 378 Å². The lowest BCUT2D eigenvalue weighted by atomic mass is 9.78. The summed E-state index contributed by atoms with van der Waals surface area (Å²) in [6.07, 6.45) is 0. The first-order valence-electron chi connectivity index (χ1n) is 23.1. The van der Waals surface area contributed by atoms with Crippen LogP contribution in [-0.4, -0.2) is 0 Å². The highest BCUT2D eigenvalue weighted by Gasteiger charge is 2.40. The lowest BCUT2D eigenvalue weighted by molar-refractivity contribution is 0.672. The van der Waals surface area contributed by atoms with Gasteiger partial charge in [-0.25, -0.2) is 0 Å². The van der Waals surface area contributed by atoms with Crippen LogP contribution in [0.1, 0.15) is 49.9 Å². The molecule has 0 saturated heterocycles. The number of fused-ring (bicyclic) bond motifs is 20. The van der Waals surface area contributed by atoms with Gasteiger partial charge in [-0.05, 0) is 156 Å². The van der Waals surface area contributed by atoms with E-state index in [1.165, 1.54) is 120 Å². The van der Waals surface area contributed by atoms with E-state index in [-0.39, 0.29) is 10.8 Å². The van der Waals surface area contributed by atoms with Crippen molar-refractivity contribution in [1.82, 2.24) is 0 Å². The van der Waals surface area contributed by atoms with Crippen molar-refractivity contribution in [2.45, 2.75) is 38.5 Å². The maximum atomic E-state index is 2.49. The largest absolute Gasteiger partial charge is 0.310 e. The molecular formula is C64H45N. The zero-order valence-electron chi connectivity index (χ0n) is 37.0. The highest BCUT2D eigenvalue weighted by atomic mass is 15.1. The Kier molecular flexibility index (Phi) is 7.30. The highest BCUT2D eigenvalue weighted by molar-refractivity contribution is 6.26. The van der Waals surface area contributed by atoms with Crippen LogP contribution in [0.4, 0.5) is 17.1 Å². The third kappa shape index (κ3) is 4.93. The first kappa shape index (κ1) is 36.7. The van der Waals surface area contributed by atoms with Crippen molar-refractivity contribution in [1.29, 1.82) is 0 Å². The summed E-state index contributed by atoms with van der Waals surface area (Å²) in [7, 11) is 0. The van der Waals surface area contributed by atoms with Crippen molar-refractivity contribution in [3.63, 3.8) is 0 Å². The topological polar surface area (TPSA) is 3.24 Å². The first-order chi connectivity index (χ1) is 31.8. The van der Waals surface area contributed by atoms with Crippen molar-refractivity contribution in [2.24, 2.45) is 0 Å². The van der Waals surface area contributed by atoms with Gasteiger partial charge in [0.1, 0.15) is 0 Å². The molecule has 0 radical (unpaired) electrons. The molecule has 0 spiro atoms. The van der Waals surface area contributed by atoms with Crippen LogP contribution in [0, 0.1) is 0 Å². The molecule has 0 saturated carbocycles. The molecule has 2 aliphatic rings. The van der Waals surface area contributed by atoms with E-state index in [9.17, 15) is 0 Å². The molecule has 65 heavy (non-hydrogen) atoms. The van der Waals surface area contributed by atoms with Crippen LogP contribution < -0.4 is 4.90 Å². The number of rotatable bonds is 3. The van der Waals surface area contributed by atoms with Gasteiger partial charge in [0, 0.05) is 27.9 Å². The summed E-state index contributed by atoms with van der Waals surface area (Å²) >= 11 is 0. The standard InChI is InChI=1S/C64H45N/c1-63(2)59-45-15-7-5-13-38(45)21-28-54(59)56-30-23-40-35-42(25-32-47(40)61(56)63)65(44-27-34-53-51-19-10-9-17-49(51)50-18-11-12-20-52(50)58(53)37-44)43-26-33-48-41(36-43)24-31-57-55-29-22-39-14-6-8-16-46(39)60(55)64(3,4)62(48)57/h5-37H,1-4H3. The fourth-order valence-electron chi connectivity index (χ4n) is 12.8. The molecule has 0 fully saturated rings. The number of benzene rings is 12. The molecule has 306 valence electrons. The Hall–Kier alpha value is -7.74. The van der Waals surface area contributed by atoms with Gasteiger partial charge in [-0.2, -0.15) is 0 Å². The minimum Gasteiger partial charge on any atom is -0.310 e. The second kappa shape index (κ2) is 12.9. The zero-order chi connectivity index (χ0) is 43.3. The SMILES string of the molecule is CC1(C)c2c(ccc3ccccc23)-c2ccc3cc(N(c4ccc5c6c(ccc5c4)-c4ccc5ccccc5c4C6(C)C)c4ccc5c6ccccc6c6ccccc6c5c4)ccc3c21. The summed E-state index contributed by atoms with van der Waals surface area (Å²) in [6.45, 7) is 9.67. The molecule has 0 bridgehead atoms. The van der Waals surface area contributed by atoms with E-state index in [0.29, 0.717) is 0 Å². The Bertz CT molecular complexity index is 3850. The van der Waals surface area contributed by atoms with E-state index < -0.39 is 0 Å². The molecule has 0 unspecified atom stereocenters. The molecular weight excluding hydrogens is 783 g/mol. The van der Waals surface area contributed by atoms with Gasteiger partial charge in [-0.3, -0.25) is 0 Å². The molecule has 0 atom stereocenters. The average Bonchev–Trinajstić information content (AvgIpc) is 3.74. The molecule has 0 amide bonds. The Morgan fingerprint density at radius 3 is 0.954 bits per heavy atom. The summed E-state index contributed by atoms with van der Waals surface area (Å²) in [4.78, 5) is 2.49. The minimum atomic E-state index is -0.160. The highest BCUT2D eigenvalue weighted by Crippen LogP contribution is 2.56. The van der Waals surface area contributed by atoms with E-state index in [1.807, 2.05) is 0 Å². The Morgan fingerprint density at radius 2 is 0.538 bits per heavy atom. The van der Waals surface area contributed by atoms with E-state index in [2.05, 4.69) is 233 Å². The number of anilines is 3. The summed E-state index contributed by atoms with van der Waals surface area (Å²) < 4.78 is 0. The predicted molar refractivity (Wildman–Crippen MR) is 279 cm³/mol. The predicted octanol–water partition coefficient (Wildman–Crippen LogP) is 17.8. The second-order valence-corrected chi connectivity index (χ2v) is 19.6. The third-order valence-electron chi connectivity index (χ3n) is 15.4. The Morgan fingerprint density at radius 1 is 0.246 bits per heavy atom. The quantitative estimate of drug-likeness (QED) is 0.160. The molecule has 14 rings (SSSR count). The van der Waals surface area contributed by atoms with Crippen molar-refractivity contribution in [3.05, 3.63) is 222 Å². The molecule has 1 nitrogen and oxygen atoms in total. The number of hydrogen-bond donors (Lipinski definition) is 0. The van der Waals surface area contributed by atoms with E-state index >= 15 is 0 Å². The van der Waals surface area contributed by atoms with Gasteiger partial charge in [0.2, 0.25) is 0 Å². The molecule has 0 aromatic heterocycles. The van der Waals surface area contributed by atoms with Crippen LogP contribution in [0.25, 0.3) is 97.7 Å². The van der Waals surface area contributed by atoms with Gasteiger partial charge < -0.3 is 4.90 Å². The van der Waals surface area contributed by atoms with Crippen molar-refractivity contribution >= 4 is 92.5 Å². The second-order valence-electron chi connectivity index (χ2n) is 19.6. The lowest BCUT2D eigenvalue weighted by Gasteiger charge is -2.29. The summed E-state index contributed by atoms with van der Waals surface area (Å²) in [6, 6.07) is 75.7. The molecule has 2 aliphatic carbocycles. The van der Waals surface area contributed by atoms with Gasteiger partial charge >= 0.3 is 0 Å². The zero-order valence-corrected chi connectivity index (χ0v) is 37.0. The molecule has 12 aromatic carbocycles. The van der Waals surface area contributed by atoms with Gasteiger partial charge in [0.05, 0.1) is 0 Å². The molecule has 0 N–H and O–H groups in total. The summed E-state index contributed by atoms with van der Waals surface area (Å²) in [5.74, 6) is 0. The van der Waals surface area contributed by atoms with Crippen molar-refractivity contribution in [2.75, 3.05) is 4.90 Å². The van der Waals surface area contributed by atoms with Crippen LogP contribution in [0.3, 0.4) is 0 Å². The lowest BCUT2D eigenvalue weighted by Crippen LogP contribution is -2.16. The fourth-order valence-corrected chi connectivity index (χ4v) is 12.8. The molecule has 1 heteroatoms. The number of nitrogens with zero attached hydrogens (tertiary/aromatic N) is 1. The van der Waals surface area contributed by atoms with Crippen LogP contribution >= 0.6 is 0 Å². The molecule has 12 aromatic rings. The van der Waals surface area contributed by atoms with Crippen molar-refractivity contribution in [3.8, 4) is 22.3 Å². The third-order valence-corrected chi connectivity index (χ3v) is 15.4. The molecule has 0 heterocycles. The van der Waals surface area contributed by atoms with Crippen LogP contribution in [0.2, 0.25) is 0 Å². The Balaban J connectivity index is 0.984. The van der Waals surface area contributed by atoms with Crippen LogP contribution in [0.15, 0.2) is 200 Å². The summed E-state index contributed by atoms with van der Waals surface area (Å²) in [5, 5.41) is 18.1. The van der Waals surface area contributed by atoms with Gasteiger partial charge in [-0.1, -0.05) is 191 Å². The average molecular weight is 828 g/mol. The van der Waals surface area contributed by atoms with Gasteiger partial charge in [0.15, 0.2) is 0 Å². The van der Waals surface area contributed by atoms with Crippen molar-refractivity contribution < 1.29 is 0 Å². The normalized spacial score (nSPS) is 14.4. The number of hydrogen-bond acceptors (Lipinski definition) is 1. The van der Waals surface area contributed by atoms with E-state index in [0.717, 1.165) is 17.1 Å². The minimum absolute atomic E-state index is 0.160. The van der Waals surface area contributed by atoms with Gasteiger partial charge in [0.25, 0.3) is 0 Å². The maximum absolute atomic E-state index is 2.49. The maximum Gasteiger partial charge on any atom is 0.0468 e. The smallest absolute Gasteiger partial charge is 0.0468 e. The van der Waals surface area contributed by atoms with Crippen LogP contribution in [0.5, 0.6) is 0 Å². The first-order valence-corrected chi connectivity index (χ1v) is 23.1. The fraction of sp³-hybridized carbons (Fsp3) is 0.0938. The van der Waals surface area contributed by atoms with E-state index in [1.54, 1.807) is 0 Å². The monoisotopic (exact) mass is 827 g/mol. The van der Waals surface area contributed by atoms with Crippen LogP contribution in [-0.2, 0) is 10.8 Å². The molecule has 0 aliphatic heterocycles. The van der Waals surface area contributed by atoms with E-state index in [4.69, 9.17) is 0 Å². The van der Waals surface area contributed by atoms with Gasteiger partial charge in [-0.15, -0.1) is 0 Å². The summed E-state index contributed by atoms with van der Waals surface area (Å²) in [5.41, 5.74) is 14.2.